The molecule has 2 heteroatoms. The van der Waals surface area contributed by atoms with Crippen molar-refractivity contribution < 1.29 is 0 Å². The van der Waals surface area contributed by atoms with Crippen LogP contribution in [0.4, 0.5) is 0 Å². The molecular weight excluding hydrogens is 280 g/mol. The molecule has 0 saturated carbocycles. The molecule has 0 spiro atoms. The van der Waals surface area contributed by atoms with Crippen LogP contribution in [0.5, 0.6) is 0 Å². The summed E-state index contributed by atoms with van der Waals surface area (Å²) in [5.74, 6) is 0. The third kappa shape index (κ3) is 3.04. The number of nitrogens with zero attached hydrogens (tertiary/aromatic N) is 2. The van der Waals surface area contributed by atoms with E-state index in [2.05, 4.69) is 49.9 Å². The van der Waals surface area contributed by atoms with Gasteiger partial charge >= 0.3 is 0 Å². The summed E-state index contributed by atoms with van der Waals surface area (Å²) in [6.45, 7) is 5.87. The van der Waals surface area contributed by atoms with Crippen LogP contribution >= 0.6 is 0 Å². The summed E-state index contributed by atoms with van der Waals surface area (Å²) in [6.07, 6.45) is 1.75. The van der Waals surface area contributed by atoms with Gasteiger partial charge in [0, 0.05) is 11.1 Å². The molecule has 2 aromatic carbocycles. The van der Waals surface area contributed by atoms with Crippen LogP contribution in [0.1, 0.15) is 16.8 Å². The molecule has 0 N–H and O–H groups in total. The van der Waals surface area contributed by atoms with Crippen LogP contribution in [0.15, 0.2) is 67.2 Å². The zero-order chi connectivity index (χ0) is 16.2. The summed E-state index contributed by atoms with van der Waals surface area (Å²) in [7, 11) is 0. The van der Waals surface area contributed by atoms with E-state index in [-0.39, 0.29) is 0 Å². The highest BCUT2D eigenvalue weighted by Crippen LogP contribution is 2.31. The lowest BCUT2D eigenvalue weighted by molar-refractivity contribution is 1.29. The minimum absolute atomic E-state index is 0.654. The van der Waals surface area contributed by atoms with E-state index in [1.54, 1.807) is 6.08 Å². The predicted octanol–water partition coefficient (Wildman–Crippen LogP) is 5.24. The Bertz CT molecular complexity index is 883. The zero-order valence-corrected chi connectivity index (χ0v) is 13.0. The van der Waals surface area contributed by atoms with E-state index in [1.807, 2.05) is 30.3 Å². The number of hydrogen-bond acceptors (Lipinski definition) is 2. The van der Waals surface area contributed by atoms with Gasteiger partial charge in [0.2, 0.25) is 0 Å². The van der Waals surface area contributed by atoms with Crippen molar-refractivity contribution in [1.29, 1.82) is 5.26 Å². The lowest BCUT2D eigenvalue weighted by Gasteiger charge is -2.11. The molecule has 3 aromatic rings. The Morgan fingerprint density at radius 2 is 1.57 bits per heavy atom. The van der Waals surface area contributed by atoms with Gasteiger partial charge in [0.15, 0.2) is 0 Å². The molecule has 0 unspecified atom stereocenters. The molecule has 3 rings (SSSR count). The molecule has 0 amide bonds. The Kier molecular flexibility index (Phi) is 4.03. The van der Waals surface area contributed by atoms with Crippen LogP contribution in [0, 0.1) is 18.3 Å². The third-order valence-corrected chi connectivity index (χ3v) is 3.78. The summed E-state index contributed by atoms with van der Waals surface area (Å²) in [5, 5.41) is 8.95. The monoisotopic (exact) mass is 296 g/mol. The van der Waals surface area contributed by atoms with Crippen molar-refractivity contribution in [3.05, 3.63) is 84.1 Å². The lowest BCUT2D eigenvalue weighted by atomic mass is 9.97. The molecule has 0 fully saturated rings. The molecule has 23 heavy (non-hydrogen) atoms. The molecule has 1 heterocycles. The van der Waals surface area contributed by atoms with E-state index in [0.717, 1.165) is 28.1 Å². The lowest BCUT2D eigenvalue weighted by Crippen LogP contribution is -1.92. The highest BCUT2D eigenvalue weighted by molar-refractivity contribution is 5.81. The Balaban J connectivity index is 2.17. The van der Waals surface area contributed by atoms with Gasteiger partial charge in [0.1, 0.15) is 0 Å². The first-order valence-electron chi connectivity index (χ1n) is 7.42. The van der Waals surface area contributed by atoms with E-state index in [9.17, 15) is 0 Å². The number of benzene rings is 2. The van der Waals surface area contributed by atoms with Gasteiger partial charge in [-0.05, 0) is 36.8 Å². The number of aromatic nitrogens is 1. The van der Waals surface area contributed by atoms with Crippen molar-refractivity contribution >= 4 is 6.08 Å². The van der Waals surface area contributed by atoms with Crippen molar-refractivity contribution in [2.45, 2.75) is 6.92 Å². The van der Waals surface area contributed by atoms with E-state index in [1.165, 1.54) is 5.56 Å². The average molecular weight is 296 g/mol. The summed E-state index contributed by atoms with van der Waals surface area (Å²) in [5.41, 5.74) is 6.80. The molecule has 0 radical (unpaired) electrons. The minimum Gasteiger partial charge on any atom is -0.248 e. The Labute approximate surface area is 136 Å². The molecule has 0 aliphatic carbocycles. The average Bonchev–Trinajstić information content (AvgIpc) is 2.62. The van der Waals surface area contributed by atoms with Crippen LogP contribution in [0.2, 0.25) is 0 Å². The Morgan fingerprint density at radius 3 is 2.17 bits per heavy atom. The smallest absolute Gasteiger partial charge is 0.0991 e. The van der Waals surface area contributed by atoms with Crippen LogP contribution in [-0.4, -0.2) is 4.98 Å². The second-order valence-corrected chi connectivity index (χ2v) is 5.39. The van der Waals surface area contributed by atoms with Gasteiger partial charge in [-0.3, -0.25) is 0 Å². The summed E-state index contributed by atoms with van der Waals surface area (Å²) < 4.78 is 0. The SMILES string of the molecule is C=Cc1ccc(-c2ccc(C#N)cc2)c(-c2ccc(C)cc2)n1. The highest BCUT2D eigenvalue weighted by atomic mass is 14.7. The number of pyridine rings is 1. The fourth-order valence-corrected chi connectivity index (χ4v) is 2.48. The standard InChI is InChI=1S/C21H16N2/c1-3-19-12-13-20(17-10-6-16(14-22)7-11-17)21(23-19)18-8-4-15(2)5-9-18/h3-13H,1H2,2H3. The molecule has 0 saturated heterocycles. The number of rotatable bonds is 3. The van der Waals surface area contributed by atoms with Crippen molar-refractivity contribution in [2.24, 2.45) is 0 Å². The van der Waals surface area contributed by atoms with E-state index >= 15 is 0 Å². The van der Waals surface area contributed by atoms with E-state index in [0.29, 0.717) is 5.56 Å². The first-order valence-corrected chi connectivity index (χ1v) is 7.42. The normalized spacial score (nSPS) is 10.1. The van der Waals surface area contributed by atoms with Crippen molar-refractivity contribution in [1.82, 2.24) is 4.98 Å². The van der Waals surface area contributed by atoms with Gasteiger partial charge in [0.05, 0.1) is 23.0 Å². The summed E-state index contributed by atoms with van der Waals surface area (Å²) in [4.78, 5) is 4.73. The van der Waals surface area contributed by atoms with Crippen molar-refractivity contribution in [3.8, 4) is 28.5 Å². The van der Waals surface area contributed by atoms with Gasteiger partial charge in [-0.25, -0.2) is 4.98 Å². The van der Waals surface area contributed by atoms with Crippen LogP contribution < -0.4 is 0 Å². The molecule has 0 aliphatic rings. The summed E-state index contributed by atoms with van der Waals surface area (Å²) >= 11 is 0. The number of hydrogen-bond donors (Lipinski definition) is 0. The number of nitriles is 1. The molecule has 0 atom stereocenters. The second kappa shape index (κ2) is 6.29. The highest BCUT2D eigenvalue weighted by Gasteiger charge is 2.10. The topological polar surface area (TPSA) is 36.7 Å². The molecule has 2 nitrogen and oxygen atoms in total. The largest absolute Gasteiger partial charge is 0.248 e. The van der Waals surface area contributed by atoms with E-state index < -0.39 is 0 Å². The van der Waals surface area contributed by atoms with Crippen LogP contribution in [0.25, 0.3) is 28.5 Å². The van der Waals surface area contributed by atoms with Gasteiger partial charge < -0.3 is 0 Å². The maximum Gasteiger partial charge on any atom is 0.0991 e. The van der Waals surface area contributed by atoms with Gasteiger partial charge in [0.25, 0.3) is 0 Å². The zero-order valence-electron chi connectivity index (χ0n) is 13.0. The predicted molar refractivity (Wildman–Crippen MR) is 94.7 cm³/mol. The second-order valence-electron chi connectivity index (χ2n) is 5.39. The molecule has 0 bridgehead atoms. The van der Waals surface area contributed by atoms with Gasteiger partial charge in [-0.2, -0.15) is 5.26 Å². The Hall–Kier alpha value is -3.18. The Morgan fingerprint density at radius 1 is 0.913 bits per heavy atom. The fraction of sp³-hybridized carbons (Fsp3) is 0.0476. The number of aryl methyl sites for hydroxylation is 1. The van der Waals surface area contributed by atoms with Crippen molar-refractivity contribution in [3.63, 3.8) is 0 Å². The fourth-order valence-electron chi connectivity index (χ4n) is 2.48. The van der Waals surface area contributed by atoms with Gasteiger partial charge in [-0.1, -0.05) is 54.6 Å². The first-order chi connectivity index (χ1) is 11.2. The molecule has 110 valence electrons. The van der Waals surface area contributed by atoms with E-state index in [4.69, 9.17) is 10.2 Å². The maximum absolute atomic E-state index is 8.95. The maximum atomic E-state index is 8.95. The third-order valence-electron chi connectivity index (χ3n) is 3.78. The van der Waals surface area contributed by atoms with Crippen molar-refractivity contribution in [2.75, 3.05) is 0 Å². The van der Waals surface area contributed by atoms with Crippen LogP contribution in [0.3, 0.4) is 0 Å². The molecule has 1 aromatic heterocycles. The molecule has 0 aliphatic heterocycles. The first kappa shape index (κ1) is 14.7. The molecular formula is C21H16N2. The van der Waals surface area contributed by atoms with Gasteiger partial charge in [-0.15, -0.1) is 0 Å². The van der Waals surface area contributed by atoms with Crippen LogP contribution in [-0.2, 0) is 0 Å². The minimum atomic E-state index is 0.654. The summed E-state index contributed by atoms with van der Waals surface area (Å²) in [6, 6.07) is 22.1. The quantitative estimate of drug-likeness (QED) is 0.662.